The molecule has 0 unspecified atom stereocenters. The van der Waals surface area contributed by atoms with E-state index in [1.807, 2.05) is 49.4 Å². The molecule has 6 heteroatoms. The molecule has 0 saturated carbocycles. The van der Waals surface area contributed by atoms with Gasteiger partial charge in [0, 0.05) is 11.4 Å². The molecular weight excluding hydrogens is 406 g/mol. The predicted molar refractivity (Wildman–Crippen MR) is 117 cm³/mol. The van der Waals surface area contributed by atoms with Crippen LogP contribution in [0.15, 0.2) is 77.7 Å². The van der Waals surface area contributed by atoms with Gasteiger partial charge in [-0.1, -0.05) is 54.1 Å². The monoisotopic (exact) mass is 427 g/mol. The highest BCUT2D eigenvalue weighted by Gasteiger charge is 2.31. The van der Waals surface area contributed by atoms with E-state index in [2.05, 4.69) is 0 Å². The van der Waals surface area contributed by atoms with Crippen LogP contribution in [0.25, 0.3) is 0 Å². The first-order valence-electron chi connectivity index (χ1n) is 9.24. The molecule has 0 radical (unpaired) electrons. The molecule has 0 N–H and O–H groups in total. The third kappa shape index (κ3) is 4.86. The molecule has 150 valence electrons. The second-order valence-electron chi connectivity index (χ2n) is 6.89. The van der Waals surface area contributed by atoms with Gasteiger partial charge >= 0.3 is 0 Å². The topological polar surface area (TPSA) is 54.5 Å². The Bertz CT molecular complexity index is 1110. The first kappa shape index (κ1) is 21.1. The number of carbonyl (C=O) groups excluding carboxylic acids is 1. The zero-order valence-electron chi connectivity index (χ0n) is 16.3. The average molecular weight is 428 g/mol. The number of sulfonamides is 1. The van der Waals surface area contributed by atoms with E-state index in [1.165, 1.54) is 24.3 Å². The summed E-state index contributed by atoms with van der Waals surface area (Å²) in [5.41, 5.74) is 2.93. The van der Waals surface area contributed by atoms with Crippen molar-refractivity contribution in [1.29, 1.82) is 0 Å². The molecule has 0 aliphatic rings. The Balaban J connectivity index is 2.02. The molecule has 0 aliphatic carbocycles. The van der Waals surface area contributed by atoms with Crippen LogP contribution in [0.3, 0.4) is 0 Å². The van der Waals surface area contributed by atoms with Gasteiger partial charge in [-0.15, -0.1) is 0 Å². The number of aryl methyl sites for hydroxylation is 3. The van der Waals surface area contributed by atoms with Crippen molar-refractivity contribution < 1.29 is 13.2 Å². The molecular formula is C23H22ClNO3S. The van der Waals surface area contributed by atoms with Gasteiger partial charge in [0.15, 0.2) is 0 Å². The van der Waals surface area contributed by atoms with Crippen LogP contribution < -0.4 is 4.31 Å². The minimum Gasteiger partial charge on any atom is -0.273 e. The standard InChI is InChI=1S/C23H22ClNO3S/c1-17-8-9-18(2)22(16-17)25(23(26)15-10-19-6-4-3-5-7-19)29(27,28)21-13-11-20(24)12-14-21/h3-9,11-14,16H,10,15H2,1-2H3. The Morgan fingerprint density at radius 2 is 1.59 bits per heavy atom. The van der Waals surface area contributed by atoms with Crippen LogP contribution in [0, 0.1) is 13.8 Å². The van der Waals surface area contributed by atoms with Crippen molar-refractivity contribution >= 4 is 33.2 Å². The van der Waals surface area contributed by atoms with Gasteiger partial charge in [0.05, 0.1) is 10.6 Å². The number of carbonyl (C=O) groups is 1. The molecule has 0 fully saturated rings. The fraction of sp³-hybridized carbons (Fsp3) is 0.174. The molecule has 29 heavy (non-hydrogen) atoms. The largest absolute Gasteiger partial charge is 0.273 e. The average Bonchev–Trinajstić information content (AvgIpc) is 2.70. The van der Waals surface area contributed by atoms with E-state index in [9.17, 15) is 13.2 Å². The molecule has 4 nitrogen and oxygen atoms in total. The minimum atomic E-state index is -4.09. The summed E-state index contributed by atoms with van der Waals surface area (Å²) in [4.78, 5) is 13.2. The van der Waals surface area contributed by atoms with E-state index in [-0.39, 0.29) is 11.3 Å². The van der Waals surface area contributed by atoms with Crippen molar-refractivity contribution in [3.8, 4) is 0 Å². The first-order chi connectivity index (χ1) is 13.8. The van der Waals surface area contributed by atoms with Gasteiger partial charge in [-0.25, -0.2) is 12.7 Å². The third-order valence-corrected chi connectivity index (χ3v) is 6.63. The van der Waals surface area contributed by atoms with Gasteiger partial charge in [-0.05, 0) is 67.3 Å². The molecule has 0 saturated heterocycles. The summed E-state index contributed by atoms with van der Waals surface area (Å²) < 4.78 is 27.8. The number of hydrogen-bond acceptors (Lipinski definition) is 3. The van der Waals surface area contributed by atoms with Gasteiger partial charge < -0.3 is 0 Å². The van der Waals surface area contributed by atoms with Gasteiger partial charge in [-0.3, -0.25) is 4.79 Å². The summed E-state index contributed by atoms with van der Waals surface area (Å²) in [5.74, 6) is -0.475. The zero-order chi connectivity index (χ0) is 21.0. The van der Waals surface area contributed by atoms with Crippen molar-refractivity contribution in [3.63, 3.8) is 0 Å². The third-order valence-electron chi connectivity index (χ3n) is 4.63. The van der Waals surface area contributed by atoms with E-state index in [4.69, 9.17) is 11.6 Å². The summed E-state index contributed by atoms with van der Waals surface area (Å²) >= 11 is 5.91. The highest BCUT2D eigenvalue weighted by atomic mass is 35.5. The highest BCUT2D eigenvalue weighted by Crippen LogP contribution is 2.29. The number of nitrogens with zero attached hydrogens (tertiary/aromatic N) is 1. The summed E-state index contributed by atoms with van der Waals surface area (Å²) in [6.45, 7) is 3.66. The lowest BCUT2D eigenvalue weighted by Gasteiger charge is -2.25. The maximum absolute atomic E-state index is 13.4. The van der Waals surface area contributed by atoms with Gasteiger partial charge in [0.1, 0.15) is 0 Å². The van der Waals surface area contributed by atoms with E-state index >= 15 is 0 Å². The van der Waals surface area contributed by atoms with Crippen LogP contribution in [0.1, 0.15) is 23.1 Å². The predicted octanol–water partition coefficient (Wildman–Crippen LogP) is 5.31. The Hall–Kier alpha value is -2.63. The van der Waals surface area contributed by atoms with Crippen molar-refractivity contribution in [3.05, 3.63) is 94.5 Å². The van der Waals surface area contributed by atoms with Crippen LogP contribution in [0.4, 0.5) is 5.69 Å². The van der Waals surface area contributed by atoms with Crippen LogP contribution in [0.5, 0.6) is 0 Å². The number of hydrogen-bond donors (Lipinski definition) is 0. The quantitative estimate of drug-likeness (QED) is 0.535. The number of amides is 1. The molecule has 1 amide bonds. The van der Waals surface area contributed by atoms with E-state index in [0.29, 0.717) is 22.7 Å². The molecule has 3 rings (SSSR count). The molecule has 0 aliphatic heterocycles. The number of halogens is 1. The van der Waals surface area contributed by atoms with Crippen LogP contribution in [-0.4, -0.2) is 14.3 Å². The van der Waals surface area contributed by atoms with Gasteiger partial charge in [0.2, 0.25) is 5.91 Å². The summed E-state index contributed by atoms with van der Waals surface area (Å²) in [6.07, 6.45) is 0.529. The van der Waals surface area contributed by atoms with Crippen molar-refractivity contribution in [2.75, 3.05) is 4.31 Å². The summed E-state index contributed by atoms with van der Waals surface area (Å²) in [6, 6.07) is 20.8. The first-order valence-corrected chi connectivity index (χ1v) is 11.1. The maximum Gasteiger partial charge on any atom is 0.270 e. The highest BCUT2D eigenvalue weighted by molar-refractivity contribution is 7.93. The Labute approximate surface area is 176 Å². The molecule has 0 heterocycles. The summed E-state index contributed by atoms with van der Waals surface area (Å²) in [5, 5.41) is 0.428. The number of anilines is 1. The van der Waals surface area contributed by atoms with Crippen molar-refractivity contribution in [2.45, 2.75) is 31.6 Å². The maximum atomic E-state index is 13.4. The zero-order valence-corrected chi connectivity index (χ0v) is 17.9. The molecule has 3 aromatic rings. The van der Waals surface area contributed by atoms with Gasteiger partial charge in [0.25, 0.3) is 10.0 Å². The van der Waals surface area contributed by atoms with Crippen LogP contribution >= 0.6 is 11.6 Å². The van der Waals surface area contributed by atoms with E-state index in [0.717, 1.165) is 15.4 Å². The minimum absolute atomic E-state index is 0.0240. The van der Waals surface area contributed by atoms with E-state index < -0.39 is 15.9 Å². The molecule has 0 bridgehead atoms. The number of benzene rings is 3. The fourth-order valence-corrected chi connectivity index (χ4v) is 4.68. The van der Waals surface area contributed by atoms with Crippen LogP contribution in [-0.2, 0) is 21.2 Å². The second kappa shape index (κ2) is 8.80. The second-order valence-corrected chi connectivity index (χ2v) is 9.12. The normalized spacial score (nSPS) is 11.3. The fourth-order valence-electron chi connectivity index (χ4n) is 3.05. The lowest BCUT2D eigenvalue weighted by Crippen LogP contribution is -2.37. The molecule has 0 spiro atoms. The lowest BCUT2D eigenvalue weighted by atomic mass is 10.1. The molecule has 0 atom stereocenters. The Morgan fingerprint density at radius 1 is 0.931 bits per heavy atom. The Kier molecular flexibility index (Phi) is 6.40. The van der Waals surface area contributed by atoms with E-state index in [1.54, 1.807) is 13.0 Å². The molecule has 0 aromatic heterocycles. The SMILES string of the molecule is Cc1ccc(C)c(N(C(=O)CCc2ccccc2)S(=O)(=O)c2ccc(Cl)cc2)c1. The van der Waals surface area contributed by atoms with Crippen molar-refractivity contribution in [1.82, 2.24) is 0 Å². The lowest BCUT2D eigenvalue weighted by molar-refractivity contribution is -0.117. The van der Waals surface area contributed by atoms with Crippen molar-refractivity contribution in [2.24, 2.45) is 0 Å². The smallest absolute Gasteiger partial charge is 0.270 e. The van der Waals surface area contributed by atoms with Crippen LogP contribution in [0.2, 0.25) is 5.02 Å². The van der Waals surface area contributed by atoms with Gasteiger partial charge in [-0.2, -0.15) is 0 Å². The Morgan fingerprint density at radius 3 is 2.24 bits per heavy atom. The summed E-state index contributed by atoms with van der Waals surface area (Å²) in [7, 11) is -4.09. The number of rotatable bonds is 6. The molecule has 3 aromatic carbocycles.